The third-order valence-corrected chi connectivity index (χ3v) is 1.79. The van der Waals surface area contributed by atoms with Crippen LogP contribution in [0, 0.1) is 0 Å². The molecule has 4 nitrogen and oxygen atoms in total. The molecule has 0 saturated heterocycles. The van der Waals surface area contributed by atoms with Crippen molar-refractivity contribution in [1.29, 1.82) is 0 Å². The fourth-order valence-corrected chi connectivity index (χ4v) is 1.06. The highest BCUT2D eigenvalue weighted by molar-refractivity contribution is 5.31. The topological polar surface area (TPSA) is 47.9 Å². The third-order valence-electron chi connectivity index (χ3n) is 1.79. The lowest BCUT2D eigenvalue weighted by Crippen LogP contribution is -2.08. The summed E-state index contributed by atoms with van der Waals surface area (Å²) >= 11 is 0. The zero-order chi connectivity index (χ0) is 12.9. The summed E-state index contributed by atoms with van der Waals surface area (Å²) in [7, 11) is 1.62. The van der Waals surface area contributed by atoms with Crippen LogP contribution in [0.15, 0.2) is 24.3 Å². The van der Waals surface area contributed by atoms with Crippen LogP contribution in [0.25, 0.3) is 0 Å². The average Bonchev–Trinajstić information content (AvgIpc) is 2.41. The number of rotatable bonds is 7. The van der Waals surface area contributed by atoms with E-state index in [1.54, 1.807) is 7.11 Å². The molecule has 1 aromatic rings. The maximum atomic E-state index is 8.46. The predicted octanol–water partition coefficient (Wildman–Crippen LogP) is 2.11. The Bertz CT molecular complexity index is 259. The van der Waals surface area contributed by atoms with Crippen molar-refractivity contribution >= 4 is 0 Å². The van der Waals surface area contributed by atoms with Crippen LogP contribution in [0.1, 0.15) is 13.8 Å². The Labute approximate surface area is 103 Å². The molecular formula is C13H22O4. The van der Waals surface area contributed by atoms with Crippen molar-refractivity contribution in [3.63, 3.8) is 0 Å². The smallest absolute Gasteiger partial charge is 0.119 e. The van der Waals surface area contributed by atoms with Gasteiger partial charge in [0, 0.05) is 0 Å². The van der Waals surface area contributed by atoms with Gasteiger partial charge in [-0.15, -0.1) is 0 Å². The van der Waals surface area contributed by atoms with Crippen molar-refractivity contribution < 1.29 is 19.3 Å². The lowest BCUT2D eigenvalue weighted by atomic mass is 10.3. The first-order chi connectivity index (χ1) is 8.36. The molecule has 0 radical (unpaired) electrons. The average molecular weight is 242 g/mol. The van der Waals surface area contributed by atoms with E-state index in [9.17, 15) is 0 Å². The van der Waals surface area contributed by atoms with Gasteiger partial charge >= 0.3 is 0 Å². The first-order valence-electron chi connectivity index (χ1n) is 5.82. The Kier molecular flexibility index (Phi) is 10.4. The third kappa shape index (κ3) is 7.60. The van der Waals surface area contributed by atoms with Crippen LogP contribution < -0.4 is 9.47 Å². The maximum absolute atomic E-state index is 8.46. The number of ether oxygens (including phenoxy) is 3. The summed E-state index contributed by atoms with van der Waals surface area (Å²) < 4.78 is 15.5. The van der Waals surface area contributed by atoms with E-state index < -0.39 is 0 Å². The molecule has 98 valence electrons. The molecule has 0 aliphatic carbocycles. The molecular weight excluding hydrogens is 220 g/mol. The fraction of sp³-hybridized carbons (Fsp3) is 0.538. The van der Waals surface area contributed by atoms with E-state index in [0.717, 1.165) is 11.5 Å². The predicted molar refractivity (Wildman–Crippen MR) is 67.7 cm³/mol. The van der Waals surface area contributed by atoms with Crippen molar-refractivity contribution in [3.05, 3.63) is 24.3 Å². The second-order valence-corrected chi connectivity index (χ2v) is 2.86. The summed E-state index contributed by atoms with van der Waals surface area (Å²) in [6.07, 6.45) is 0. The van der Waals surface area contributed by atoms with E-state index in [2.05, 4.69) is 0 Å². The van der Waals surface area contributed by atoms with Gasteiger partial charge in [-0.05, 0) is 24.3 Å². The minimum Gasteiger partial charge on any atom is -0.497 e. The summed E-state index contributed by atoms with van der Waals surface area (Å²) in [5.41, 5.74) is 0. The number of hydrogen-bond acceptors (Lipinski definition) is 4. The molecule has 17 heavy (non-hydrogen) atoms. The number of benzene rings is 1. The van der Waals surface area contributed by atoms with Crippen LogP contribution in [-0.2, 0) is 4.74 Å². The molecule has 0 aromatic heterocycles. The van der Waals surface area contributed by atoms with Gasteiger partial charge in [0.15, 0.2) is 0 Å². The zero-order valence-electron chi connectivity index (χ0n) is 10.8. The lowest BCUT2D eigenvalue weighted by molar-refractivity contribution is 0.0705. The molecule has 1 aromatic carbocycles. The Hall–Kier alpha value is -1.26. The van der Waals surface area contributed by atoms with Gasteiger partial charge in [0.1, 0.15) is 18.1 Å². The summed E-state index contributed by atoms with van der Waals surface area (Å²) in [5.74, 6) is 1.59. The van der Waals surface area contributed by atoms with Gasteiger partial charge in [0.2, 0.25) is 0 Å². The SMILES string of the molecule is CC.COc1ccc(OCCOCCO)cc1. The molecule has 0 heterocycles. The van der Waals surface area contributed by atoms with Gasteiger partial charge in [-0.2, -0.15) is 0 Å². The van der Waals surface area contributed by atoms with Gasteiger partial charge in [0.05, 0.1) is 26.9 Å². The summed E-state index contributed by atoms with van der Waals surface area (Å²) in [4.78, 5) is 0. The Morgan fingerprint density at radius 3 is 2.06 bits per heavy atom. The molecule has 1 rings (SSSR count). The van der Waals surface area contributed by atoms with Gasteiger partial charge in [-0.1, -0.05) is 13.8 Å². The highest BCUT2D eigenvalue weighted by atomic mass is 16.5. The number of aliphatic hydroxyl groups excluding tert-OH is 1. The van der Waals surface area contributed by atoms with Crippen LogP contribution in [0.3, 0.4) is 0 Å². The number of methoxy groups -OCH3 is 1. The molecule has 0 fully saturated rings. The first-order valence-corrected chi connectivity index (χ1v) is 5.82. The van der Waals surface area contributed by atoms with Gasteiger partial charge in [-0.3, -0.25) is 0 Å². The van der Waals surface area contributed by atoms with Gasteiger partial charge < -0.3 is 19.3 Å². The summed E-state index contributed by atoms with van der Waals surface area (Å²) in [6, 6.07) is 7.35. The number of hydrogen-bond donors (Lipinski definition) is 1. The molecule has 1 N–H and O–H groups in total. The lowest BCUT2D eigenvalue weighted by Gasteiger charge is -2.07. The maximum Gasteiger partial charge on any atom is 0.119 e. The minimum atomic E-state index is 0.0442. The van der Waals surface area contributed by atoms with Crippen LogP contribution in [-0.4, -0.2) is 38.6 Å². The molecule has 0 aliphatic rings. The molecule has 0 aliphatic heterocycles. The first kappa shape index (κ1) is 15.7. The molecule has 4 heteroatoms. The second kappa shape index (κ2) is 11.2. The van der Waals surface area contributed by atoms with E-state index in [-0.39, 0.29) is 6.61 Å². The molecule has 0 bridgehead atoms. The van der Waals surface area contributed by atoms with Crippen molar-refractivity contribution in [2.75, 3.05) is 33.5 Å². The van der Waals surface area contributed by atoms with Crippen LogP contribution in [0.4, 0.5) is 0 Å². The molecule has 0 atom stereocenters. The van der Waals surface area contributed by atoms with Crippen LogP contribution >= 0.6 is 0 Å². The molecule has 0 spiro atoms. The van der Waals surface area contributed by atoms with Crippen LogP contribution in [0.5, 0.6) is 11.5 Å². The molecule has 0 unspecified atom stereocenters. The summed E-state index contributed by atoms with van der Waals surface area (Å²) in [6.45, 7) is 5.35. The highest BCUT2D eigenvalue weighted by Gasteiger charge is 1.94. The second-order valence-electron chi connectivity index (χ2n) is 2.86. The van der Waals surface area contributed by atoms with E-state index in [1.165, 1.54) is 0 Å². The summed E-state index contributed by atoms with van der Waals surface area (Å²) in [5, 5.41) is 8.46. The monoisotopic (exact) mass is 242 g/mol. The van der Waals surface area contributed by atoms with Crippen molar-refractivity contribution in [2.24, 2.45) is 0 Å². The minimum absolute atomic E-state index is 0.0442. The highest BCUT2D eigenvalue weighted by Crippen LogP contribution is 2.16. The Morgan fingerprint density at radius 2 is 1.53 bits per heavy atom. The van der Waals surface area contributed by atoms with Gasteiger partial charge in [-0.25, -0.2) is 0 Å². The largest absolute Gasteiger partial charge is 0.497 e. The molecule has 0 saturated carbocycles. The Balaban J connectivity index is 0.00000121. The van der Waals surface area contributed by atoms with Crippen molar-refractivity contribution in [1.82, 2.24) is 0 Å². The van der Waals surface area contributed by atoms with E-state index in [4.69, 9.17) is 19.3 Å². The van der Waals surface area contributed by atoms with E-state index in [0.29, 0.717) is 19.8 Å². The van der Waals surface area contributed by atoms with E-state index in [1.807, 2.05) is 38.1 Å². The van der Waals surface area contributed by atoms with Gasteiger partial charge in [0.25, 0.3) is 0 Å². The zero-order valence-corrected chi connectivity index (χ0v) is 10.8. The molecule has 0 amide bonds. The standard InChI is InChI=1S/C11H16O4.C2H6/c1-13-10-2-4-11(5-3-10)15-9-8-14-7-6-12;1-2/h2-5,12H,6-9H2,1H3;1-2H3. The number of aliphatic hydroxyl groups is 1. The normalized spacial score (nSPS) is 9.18. The fourth-order valence-electron chi connectivity index (χ4n) is 1.06. The Morgan fingerprint density at radius 1 is 0.941 bits per heavy atom. The van der Waals surface area contributed by atoms with Crippen LogP contribution in [0.2, 0.25) is 0 Å². The van der Waals surface area contributed by atoms with E-state index >= 15 is 0 Å². The quantitative estimate of drug-likeness (QED) is 0.744. The van der Waals surface area contributed by atoms with Crippen molar-refractivity contribution in [3.8, 4) is 11.5 Å². The van der Waals surface area contributed by atoms with Crippen molar-refractivity contribution in [2.45, 2.75) is 13.8 Å².